The molecular weight excluding hydrogens is 248 g/mol. The summed E-state index contributed by atoms with van der Waals surface area (Å²) < 4.78 is 1.72. The summed E-state index contributed by atoms with van der Waals surface area (Å²) in [4.78, 5) is 12.4. The Kier molecular flexibility index (Phi) is 4.40. The number of hydrogen-bond donors (Lipinski definition) is 1. The quantitative estimate of drug-likeness (QED) is 0.927. The minimum absolute atomic E-state index is 0.0659. The summed E-state index contributed by atoms with van der Waals surface area (Å²) in [5, 5.41) is 3.28. The number of rotatable bonds is 4. The zero-order valence-electron chi connectivity index (χ0n) is 12.6. The Morgan fingerprint density at radius 1 is 1.10 bits per heavy atom. The van der Waals surface area contributed by atoms with Gasteiger partial charge in [0.2, 0.25) is 0 Å². The summed E-state index contributed by atoms with van der Waals surface area (Å²) in [6.07, 6.45) is 0. The fourth-order valence-corrected chi connectivity index (χ4v) is 2.15. The molecule has 3 nitrogen and oxygen atoms in total. The number of aryl methyl sites for hydroxylation is 1. The Bertz CT molecular complexity index is 639. The molecule has 1 heterocycles. The molecule has 0 amide bonds. The van der Waals surface area contributed by atoms with Gasteiger partial charge in [0.1, 0.15) is 0 Å². The number of pyridine rings is 1. The predicted molar refractivity (Wildman–Crippen MR) is 83.8 cm³/mol. The van der Waals surface area contributed by atoms with Crippen LogP contribution in [-0.2, 0) is 13.6 Å². The van der Waals surface area contributed by atoms with Crippen molar-refractivity contribution in [3.8, 4) is 11.3 Å². The van der Waals surface area contributed by atoms with E-state index in [-0.39, 0.29) is 5.56 Å². The van der Waals surface area contributed by atoms with Crippen molar-refractivity contribution in [2.24, 2.45) is 7.05 Å². The van der Waals surface area contributed by atoms with Crippen molar-refractivity contribution in [3.63, 3.8) is 0 Å². The number of nitrogens with zero attached hydrogens (tertiary/aromatic N) is 1. The largest absolute Gasteiger partial charge is 0.311 e. The van der Waals surface area contributed by atoms with Gasteiger partial charge in [-0.3, -0.25) is 4.79 Å². The molecule has 0 spiro atoms. The van der Waals surface area contributed by atoms with Crippen LogP contribution in [0.3, 0.4) is 0 Å². The molecular formula is C17H22N2O. The Labute approximate surface area is 120 Å². The van der Waals surface area contributed by atoms with Crippen LogP contribution in [-0.4, -0.2) is 10.6 Å². The summed E-state index contributed by atoms with van der Waals surface area (Å²) in [7, 11) is 1.83. The van der Waals surface area contributed by atoms with Crippen molar-refractivity contribution in [1.82, 2.24) is 9.88 Å². The van der Waals surface area contributed by atoms with Crippen molar-refractivity contribution in [3.05, 3.63) is 57.9 Å². The lowest BCUT2D eigenvalue weighted by molar-refractivity contribution is 0.583. The monoisotopic (exact) mass is 270 g/mol. The third-order valence-corrected chi connectivity index (χ3v) is 3.43. The van der Waals surface area contributed by atoms with Gasteiger partial charge in [-0.2, -0.15) is 0 Å². The zero-order chi connectivity index (χ0) is 14.7. The van der Waals surface area contributed by atoms with E-state index in [1.165, 1.54) is 5.56 Å². The van der Waals surface area contributed by atoms with Crippen LogP contribution in [0.15, 0.2) is 41.2 Å². The molecule has 0 aliphatic heterocycles. The maximum atomic E-state index is 12.4. The van der Waals surface area contributed by atoms with E-state index in [9.17, 15) is 4.79 Å². The second-order valence-corrected chi connectivity index (χ2v) is 5.51. The standard InChI is InChI=1S/C17H22N2O/c1-12(2)18-11-15-9-10-16(19(4)17(15)20)14-7-5-13(3)6-8-14/h5-10,12,18H,11H2,1-4H3. The first-order chi connectivity index (χ1) is 9.49. The van der Waals surface area contributed by atoms with Crippen molar-refractivity contribution < 1.29 is 0 Å². The number of benzene rings is 1. The lowest BCUT2D eigenvalue weighted by Gasteiger charge is -2.12. The van der Waals surface area contributed by atoms with Gasteiger partial charge in [0.15, 0.2) is 0 Å². The van der Waals surface area contributed by atoms with E-state index in [4.69, 9.17) is 0 Å². The maximum Gasteiger partial charge on any atom is 0.255 e. The van der Waals surface area contributed by atoms with Gasteiger partial charge in [0, 0.05) is 25.2 Å². The van der Waals surface area contributed by atoms with Crippen LogP contribution in [0, 0.1) is 6.92 Å². The molecule has 2 rings (SSSR count). The molecule has 1 N–H and O–H groups in total. The van der Waals surface area contributed by atoms with Crippen molar-refractivity contribution in [1.29, 1.82) is 0 Å². The highest BCUT2D eigenvalue weighted by Crippen LogP contribution is 2.18. The van der Waals surface area contributed by atoms with Crippen molar-refractivity contribution in [2.45, 2.75) is 33.4 Å². The third-order valence-electron chi connectivity index (χ3n) is 3.43. The summed E-state index contributed by atoms with van der Waals surface area (Å²) in [6.45, 7) is 6.82. The van der Waals surface area contributed by atoms with Gasteiger partial charge in [0.25, 0.3) is 5.56 Å². The molecule has 1 aromatic heterocycles. The van der Waals surface area contributed by atoms with Gasteiger partial charge >= 0.3 is 0 Å². The first-order valence-electron chi connectivity index (χ1n) is 6.98. The molecule has 0 aliphatic rings. The molecule has 0 saturated carbocycles. The topological polar surface area (TPSA) is 34.0 Å². The second-order valence-electron chi connectivity index (χ2n) is 5.51. The molecule has 0 unspecified atom stereocenters. The molecule has 106 valence electrons. The van der Waals surface area contributed by atoms with E-state index < -0.39 is 0 Å². The van der Waals surface area contributed by atoms with Gasteiger partial charge in [-0.15, -0.1) is 0 Å². The molecule has 0 radical (unpaired) electrons. The van der Waals surface area contributed by atoms with E-state index in [1.807, 2.05) is 19.2 Å². The van der Waals surface area contributed by atoms with Crippen molar-refractivity contribution >= 4 is 0 Å². The molecule has 3 heteroatoms. The van der Waals surface area contributed by atoms with Gasteiger partial charge in [-0.05, 0) is 18.6 Å². The lowest BCUT2D eigenvalue weighted by atomic mass is 10.1. The molecule has 0 bridgehead atoms. The summed E-state index contributed by atoms with van der Waals surface area (Å²) in [6, 6.07) is 12.5. The highest BCUT2D eigenvalue weighted by molar-refractivity contribution is 5.60. The van der Waals surface area contributed by atoms with Crippen LogP contribution < -0.4 is 10.9 Å². The molecule has 0 saturated heterocycles. The fourth-order valence-electron chi connectivity index (χ4n) is 2.15. The normalized spacial score (nSPS) is 11.1. The highest BCUT2D eigenvalue weighted by atomic mass is 16.1. The first-order valence-corrected chi connectivity index (χ1v) is 6.98. The SMILES string of the molecule is Cc1ccc(-c2ccc(CNC(C)C)c(=O)n2C)cc1. The van der Waals surface area contributed by atoms with Gasteiger partial charge in [-0.1, -0.05) is 49.7 Å². The van der Waals surface area contributed by atoms with Crippen LogP contribution in [0.25, 0.3) is 11.3 Å². The minimum atomic E-state index is 0.0659. The molecule has 0 atom stereocenters. The first kappa shape index (κ1) is 14.5. The molecule has 0 fully saturated rings. The van der Waals surface area contributed by atoms with Gasteiger partial charge in [0.05, 0.1) is 5.69 Å². The Morgan fingerprint density at radius 2 is 1.75 bits per heavy atom. The molecule has 20 heavy (non-hydrogen) atoms. The third kappa shape index (κ3) is 3.17. The van der Waals surface area contributed by atoms with Gasteiger partial charge in [-0.25, -0.2) is 0 Å². The van der Waals surface area contributed by atoms with E-state index in [1.54, 1.807) is 4.57 Å². The smallest absolute Gasteiger partial charge is 0.255 e. The van der Waals surface area contributed by atoms with E-state index >= 15 is 0 Å². The Morgan fingerprint density at radius 3 is 2.35 bits per heavy atom. The highest BCUT2D eigenvalue weighted by Gasteiger charge is 2.07. The van der Waals surface area contributed by atoms with Crippen LogP contribution in [0.4, 0.5) is 0 Å². The summed E-state index contributed by atoms with van der Waals surface area (Å²) in [5.41, 5.74) is 4.10. The van der Waals surface area contributed by atoms with Crippen LogP contribution in [0.2, 0.25) is 0 Å². The number of nitrogens with one attached hydrogen (secondary N) is 1. The van der Waals surface area contributed by atoms with Gasteiger partial charge < -0.3 is 9.88 Å². The number of hydrogen-bond acceptors (Lipinski definition) is 2. The van der Waals surface area contributed by atoms with Crippen LogP contribution in [0.5, 0.6) is 0 Å². The average Bonchev–Trinajstić information content (AvgIpc) is 2.42. The Balaban J connectivity index is 2.36. The molecule has 2 aromatic rings. The van der Waals surface area contributed by atoms with Crippen LogP contribution in [0.1, 0.15) is 25.0 Å². The van der Waals surface area contributed by atoms with Crippen LogP contribution >= 0.6 is 0 Å². The predicted octanol–water partition coefficient (Wildman–Crippen LogP) is 2.86. The number of aromatic nitrogens is 1. The van der Waals surface area contributed by atoms with Crippen molar-refractivity contribution in [2.75, 3.05) is 0 Å². The second kappa shape index (κ2) is 6.06. The maximum absolute atomic E-state index is 12.4. The average molecular weight is 270 g/mol. The van der Waals surface area contributed by atoms with E-state index in [0.29, 0.717) is 12.6 Å². The summed E-state index contributed by atoms with van der Waals surface area (Å²) in [5.74, 6) is 0. The molecule has 1 aromatic carbocycles. The lowest BCUT2D eigenvalue weighted by Crippen LogP contribution is -2.29. The zero-order valence-corrected chi connectivity index (χ0v) is 12.6. The van der Waals surface area contributed by atoms with E-state index in [0.717, 1.165) is 16.8 Å². The Hall–Kier alpha value is -1.87. The summed E-state index contributed by atoms with van der Waals surface area (Å²) >= 11 is 0. The fraction of sp³-hybridized carbons (Fsp3) is 0.353. The molecule has 0 aliphatic carbocycles. The minimum Gasteiger partial charge on any atom is -0.311 e. The van der Waals surface area contributed by atoms with E-state index in [2.05, 4.69) is 50.4 Å².